The van der Waals surface area contributed by atoms with E-state index in [9.17, 15) is 9.59 Å². The summed E-state index contributed by atoms with van der Waals surface area (Å²) in [7, 11) is 3.01. The van der Waals surface area contributed by atoms with Gasteiger partial charge in [0, 0.05) is 11.6 Å². The number of hydrogen-bond acceptors (Lipinski definition) is 5. The van der Waals surface area contributed by atoms with E-state index in [2.05, 4.69) is 5.32 Å². The van der Waals surface area contributed by atoms with Gasteiger partial charge >= 0.3 is 0 Å². The first-order chi connectivity index (χ1) is 13.4. The molecule has 1 aliphatic heterocycles. The molecule has 1 fully saturated rings. The number of nitrogens with zero attached hydrogens (tertiary/aromatic N) is 1. The Morgan fingerprint density at radius 3 is 2.54 bits per heavy atom. The molecule has 0 atom stereocenters. The molecule has 1 N–H and O–H groups in total. The Balaban J connectivity index is 2.08. The lowest BCUT2D eigenvalue weighted by Crippen LogP contribution is -2.54. The van der Waals surface area contributed by atoms with Crippen LogP contribution in [0.2, 0.25) is 10.0 Å². The van der Waals surface area contributed by atoms with Gasteiger partial charge in [-0.3, -0.25) is 19.8 Å². The lowest BCUT2D eigenvalue weighted by molar-refractivity contribution is -0.122. The van der Waals surface area contributed by atoms with Crippen LogP contribution >= 0.6 is 35.4 Å². The Hall–Kier alpha value is -2.61. The number of amides is 2. The van der Waals surface area contributed by atoms with Crippen LogP contribution in [0.3, 0.4) is 0 Å². The summed E-state index contributed by atoms with van der Waals surface area (Å²) in [6, 6.07) is 9.81. The van der Waals surface area contributed by atoms with E-state index >= 15 is 0 Å². The average Bonchev–Trinajstić information content (AvgIpc) is 2.68. The third-order valence-electron chi connectivity index (χ3n) is 4.01. The van der Waals surface area contributed by atoms with Gasteiger partial charge in [0.05, 0.1) is 30.0 Å². The molecule has 1 heterocycles. The van der Waals surface area contributed by atoms with Crippen molar-refractivity contribution in [3.8, 4) is 11.5 Å². The van der Waals surface area contributed by atoms with Crippen molar-refractivity contribution in [2.45, 2.75) is 0 Å². The fourth-order valence-electron chi connectivity index (χ4n) is 2.63. The first kappa shape index (κ1) is 20.1. The first-order valence-electron chi connectivity index (χ1n) is 7.95. The number of carbonyl (C=O) groups excluding carboxylic acids is 2. The normalized spacial score (nSPS) is 15.6. The number of rotatable bonds is 4. The van der Waals surface area contributed by atoms with Crippen molar-refractivity contribution in [2.75, 3.05) is 19.1 Å². The third kappa shape index (κ3) is 3.69. The summed E-state index contributed by atoms with van der Waals surface area (Å²) in [4.78, 5) is 26.6. The van der Waals surface area contributed by atoms with E-state index < -0.39 is 11.8 Å². The van der Waals surface area contributed by atoms with Gasteiger partial charge in [0.2, 0.25) is 0 Å². The Bertz CT molecular complexity index is 1020. The molecular formula is C19H14Cl2N2O4S. The molecule has 6 nitrogen and oxygen atoms in total. The smallest absolute Gasteiger partial charge is 0.270 e. The molecule has 2 aromatic carbocycles. The zero-order valence-corrected chi connectivity index (χ0v) is 17.1. The maximum absolute atomic E-state index is 13.1. The number of carbonyl (C=O) groups is 2. The van der Waals surface area contributed by atoms with Crippen LogP contribution in [0.1, 0.15) is 5.56 Å². The lowest BCUT2D eigenvalue weighted by atomic mass is 10.1. The van der Waals surface area contributed by atoms with Crippen LogP contribution in [0.25, 0.3) is 6.08 Å². The molecule has 3 rings (SSSR count). The number of methoxy groups -OCH3 is 2. The summed E-state index contributed by atoms with van der Waals surface area (Å²) in [6.45, 7) is 0. The van der Waals surface area contributed by atoms with Crippen LogP contribution in [-0.4, -0.2) is 31.1 Å². The Morgan fingerprint density at radius 2 is 1.86 bits per heavy atom. The SMILES string of the molecule is COc1ccc(/C=C2/C(=O)NC(=S)N(c3cccc(Cl)c3Cl)C2=O)c(OC)c1. The summed E-state index contributed by atoms with van der Waals surface area (Å²) < 4.78 is 10.5. The predicted octanol–water partition coefficient (Wildman–Crippen LogP) is 3.84. The molecule has 0 saturated carbocycles. The highest BCUT2D eigenvalue weighted by atomic mass is 35.5. The van der Waals surface area contributed by atoms with Gasteiger partial charge in [-0.05, 0) is 42.6 Å². The van der Waals surface area contributed by atoms with Crippen LogP contribution in [0.5, 0.6) is 11.5 Å². The quantitative estimate of drug-likeness (QED) is 0.447. The van der Waals surface area contributed by atoms with Crippen molar-refractivity contribution in [3.63, 3.8) is 0 Å². The van der Waals surface area contributed by atoms with Gasteiger partial charge in [-0.1, -0.05) is 29.3 Å². The van der Waals surface area contributed by atoms with Gasteiger partial charge in [0.1, 0.15) is 17.1 Å². The maximum atomic E-state index is 13.1. The van der Waals surface area contributed by atoms with Gasteiger partial charge in [0.15, 0.2) is 5.11 Å². The molecule has 0 radical (unpaired) electrons. The molecule has 0 unspecified atom stereocenters. The molecule has 0 aromatic heterocycles. The van der Waals surface area contributed by atoms with E-state index in [-0.39, 0.29) is 26.4 Å². The van der Waals surface area contributed by atoms with Crippen molar-refractivity contribution in [1.82, 2.24) is 5.32 Å². The summed E-state index contributed by atoms with van der Waals surface area (Å²) in [5.74, 6) is -0.238. The average molecular weight is 437 g/mol. The number of halogens is 2. The van der Waals surface area contributed by atoms with Crippen molar-refractivity contribution in [2.24, 2.45) is 0 Å². The fraction of sp³-hybridized carbons (Fsp3) is 0.105. The minimum absolute atomic E-state index is 0.0852. The summed E-state index contributed by atoms with van der Waals surface area (Å²) in [6.07, 6.45) is 1.42. The largest absolute Gasteiger partial charge is 0.497 e. The zero-order chi connectivity index (χ0) is 20.4. The number of benzene rings is 2. The molecule has 1 aliphatic rings. The van der Waals surface area contributed by atoms with Crippen molar-refractivity contribution in [1.29, 1.82) is 0 Å². The number of anilines is 1. The van der Waals surface area contributed by atoms with Crippen molar-refractivity contribution >= 4 is 64.1 Å². The van der Waals surface area contributed by atoms with Gasteiger partial charge < -0.3 is 9.47 Å². The molecule has 0 bridgehead atoms. The van der Waals surface area contributed by atoms with Gasteiger partial charge in [-0.2, -0.15) is 0 Å². The first-order valence-corrected chi connectivity index (χ1v) is 9.11. The second-order valence-electron chi connectivity index (χ2n) is 5.64. The highest BCUT2D eigenvalue weighted by Crippen LogP contribution is 2.35. The second kappa shape index (κ2) is 8.18. The number of ether oxygens (including phenoxy) is 2. The summed E-state index contributed by atoms with van der Waals surface area (Å²) in [5.41, 5.74) is 0.664. The third-order valence-corrected chi connectivity index (χ3v) is 5.11. The van der Waals surface area contributed by atoms with Gasteiger partial charge in [-0.15, -0.1) is 0 Å². The molecule has 1 saturated heterocycles. The van der Waals surface area contributed by atoms with Crippen molar-refractivity contribution in [3.05, 3.63) is 57.6 Å². The van der Waals surface area contributed by atoms with Gasteiger partial charge in [-0.25, -0.2) is 0 Å². The molecule has 9 heteroatoms. The molecule has 28 heavy (non-hydrogen) atoms. The van der Waals surface area contributed by atoms with E-state index in [0.717, 1.165) is 4.90 Å². The second-order valence-corrected chi connectivity index (χ2v) is 6.81. The summed E-state index contributed by atoms with van der Waals surface area (Å²) >= 11 is 17.4. The van der Waals surface area contributed by atoms with Crippen LogP contribution in [-0.2, 0) is 9.59 Å². The number of thiocarbonyl (C=S) groups is 1. The topological polar surface area (TPSA) is 67.9 Å². The van der Waals surface area contributed by atoms with E-state index in [1.807, 2.05) is 0 Å². The molecule has 0 spiro atoms. The van der Waals surface area contributed by atoms with E-state index in [1.54, 1.807) is 36.4 Å². The van der Waals surface area contributed by atoms with E-state index in [4.69, 9.17) is 44.9 Å². The van der Waals surface area contributed by atoms with E-state index in [1.165, 1.54) is 20.3 Å². The molecule has 144 valence electrons. The number of hydrogen-bond donors (Lipinski definition) is 1. The Kier molecular flexibility index (Phi) is 5.88. The fourth-order valence-corrected chi connectivity index (χ4v) is 3.29. The zero-order valence-electron chi connectivity index (χ0n) is 14.8. The Labute approximate surface area is 176 Å². The molecule has 0 aliphatic carbocycles. The number of nitrogens with one attached hydrogen (secondary N) is 1. The molecule has 2 amide bonds. The van der Waals surface area contributed by atoms with Crippen molar-refractivity contribution < 1.29 is 19.1 Å². The monoisotopic (exact) mass is 436 g/mol. The minimum atomic E-state index is -0.629. The van der Waals surface area contributed by atoms with E-state index in [0.29, 0.717) is 17.1 Å². The van der Waals surface area contributed by atoms with Crippen LogP contribution in [0.15, 0.2) is 42.0 Å². The lowest BCUT2D eigenvalue weighted by Gasteiger charge is -2.29. The maximum Gasteiger partial charge on any atom is 0.270 e. The van der Waals surface area contributed by atoms with Gasteiger partial charge in [0.25, 0.3) is 11.8 Å². The predicted molar refractivity (Wildman–Crippen MR) is 112 cm³/mol. The molecule has 2 aromatic rings. The van der Waals surface area contributed by atoms with Crippen LogP contribution in [0.4, 0.5) is 5.69 Å². The van der Waals surface area contributed by atoms with Crippen LogP contribution in [0, 0.1) is 0 Å². The summed E-state index contributed by atoms with van der Waals surface area (Å²) in [5, 5.41) is 2.82. The minimum Gasteiger partial charge on any atom is -0.497 e. The van der Waals surface area contributed by atoms with Crippen LogP contribution < -0.4 is 19.7 Å². The highest BCUT2D eigenvalue weighted by molar-refractivity contribution is 7.80. The standard InChI is InChI=1S/C19H14Cl2N2O4S/c1-26-11-7-6-10(15(9-11)27-2)8-12-17(24)22-19(28)23(18(12)25)14-5-3-4-13(20)16(14)21/h3-9H,1-2H3,(H,22,24,28)/b12-8-. The highest BCUT2D eigenvalue weighted by Gasteiger charge is 2.35. The Morgan fingerprint density at radius 1 is 1.11 bits per heavy atom. The molecular weight excluding hydrogens is 423 g/mol.